The second-order valence-electron chi connectivity index (χ2n) is 5.71. The molecule has 3 aromatic rings. The lowest BCUT2D eigenvalue weighted by molar-refractivity contribution is 0.102. The zero-order chi connectivity index (χ0) is 17.8. The van der Waals surface area contributed by atoms with Crippen molar-refractivity contribution in [2.45, 2.75) is 20.8 Å². The third kappa shape index (κ3) is 3.78. The van der Waals surface area contributed by atoms with Gasteiger partial charge in [-0.1, -0.05) is 18.1 Å². The Morgan fingerprint density at radius 3 is 2.56 bits per heavy atom. The quantitative estimate of drug-likeness (QED) is 0.715. The fourth-order valence-electron chi connectivity index (χ4n) is 2.57. The number of amides is 1. The predicted molar refractivity (Wildman–Crippen MR) is 97.5 cm³/mol. The molecule has 1 amide bonds. The van der Waals surface area contributed by atoms with Crippen molar-refractivity contribution in [3.63, 3.8) is 0 Å². The summed E-state index contributed by atoms with van der Waals surface area (Å²) in [4.78, 5) is 16.7. The molecular weight excluding hydrogens is 312 g/mol. The Kier molecular flexibility index (Phi) is 4.67. The van der Waals surface area contributed by atoms with E-state index in [9.17, 15) is 4.79 Å². The molecule has 4 heteroatoms. The largest absolute Gasteiger partial charge is 0.466 e. The van der Waals surface area contributed by atoms with Crippen LogP contribution < -0.4 is 5.32 Å². The number of benzene rings is 1. The summed E-state index contributed by atoms with van der Waals surface area (Å²) >= 11 is 0. The summed E-state index contributed by atoms with van der Waals surface area (Å²) in [5.41, 5.74) is 3.65. The van der Waals surface area contributed by atoms with Gasteiger partial charge in [0.1, 0.15) is 17.2 Å². The molecule has 3 rings (SSSR count). The van der Waals surface area contributed by atoms with Gasteiger partial charge in [0, 0.05) is 23.0 Å². The van der Waals surface area contributed by atoms with Gasteiger partial charge in [-0.05, 0) is 57.0 Å². The molecule has 1 aromatic carbocycles. The van der Waals surface area contributed by atoms with E-state index in [4.69, 9.17) is 4.42 Å². The average Bonchev–Trinajstić information content (AvgIpc) is 2.86. The molecule has 0 aliphatic heterocycles. The van der Waals surface area contributed by atoms with Gasteiger partial charge < -0.3 is 9.73 Å². The highest BCUT2D eigenvalue weighted by molar-refractivity contribution is 6.06. The molecule has 0 bridgehead atoms. The van der Waals surface area contributed by atoms with Crippen molar-refractivity contribution in [2.75, 3.05) is 5.32 Å². The summed E-state index contributed by atoms with van der Waals surface area (Å²) in [5.74, 6) is 7.27. The summed E-state index contributed by atoms with van der Waals surface area (Å²) in [7, 11) is 0. The standard InChI is InChI=1S/C21H18N2O2/c1-14-15(2)25-16(3)20(14)21(24)23-19-9-6-7-17(13-19)10-11-18-8-4-5-12-22-18/h4-9,12-13H,1-3H3,(H,23,24). The van der Waals surface area contributed by atoms with Crippen LogP contribution in [-0.4, -0.2) is 10.9 Å². The van der Waals surface area contributed by atoms with E-state index in [1.165, 1.54) is 0 Å². The topological polar surface area (TPSA) is 55.1 Å². The minimum atomic E-state index is -0.179. The summed E-state index contributed by atoms with van der Waals surface area (Å²) in [6.45, 7) is 5.53. The van der Waals surface area contributed by atoms with Crippen molar-refractivity contribution in [1.29, 1.82) is 0 Å². The number of furan rings is 1. The van der Waals surface area contributed by atoms with Crippen molar-refractivity contribution < 1.29 is 9.21 Å². The third-order valence-electron chi connectivity index (χ3n) is 3.91. The van der Waals surface area contributed by atoms with Crippen LogP contribution in [0.15, 0.2) is 53.1 Å². The van der Waals surface area contributed by atoms with Gasteiger partial charge in [-0.25, -0.2) is 4.98 Å². The van der Waals surface area contributed by atoms with Gasteiger partial charge in [-0.15, -0.1) is 0 Å². The van der Waals surface area contributed by atoms with E-state index in [0.29, 0.717) is 22.7 Å². The smallest absolute Gasteiger partial charge is 0.259 e. The van der Waals surface area contributed by atoms with Gasteiger partial charge in [-0.3, -0.25) is 4.79 Å². The van der Waals surface area contributed by atoms with Gasteiger partial charge in [0.25, 0.3) is 5.91 Å². The molecule has 2 aromatic heterocycles. The molecule has 0 spiro atoms. The fourth-order valence-corrected chi connectivity index (χ4v) is 2.57. The number of nitrogens with one attached hydrogen (secondary N) is 1. The number of nitrogens with zero attached hydrogens (tertiary/aromatic N) is 1. The second kappa shape index (κ2) is 7.06. The molecule has 0 aliphatic carbocycles. The maximum atomic E-state index is 12.5. The summed E-state index contributed by atoms with van der Waals surface area (Å²) in [5, 5.41) is 2.91. The first-order valence-electron chi connectivity index (χ1n) is 7.95. The van der Waals surface area contributed by atoms with Crippen LogP contribution in [0.5, 0.6) is 0 Å². The molecule has 124 valence electrons. The molecule has 0 saturated carbocycles. The van der Waals surface area contributed by atoms with Crippen molar-refractivity contribution in [3.8, 4) is 11.8 Å². The van der Waals surface area contributed by atoms with E-state index < -0.39 is 0 Å². The summed E-state index contributed by atoms with van der Waals surface area (Å²) in [6.07, 6.45) is 1.71. The van der Waals surface area contributed by atoms with Crippen LogP contribution in [0.1, 0.15) is 38.7 Å². The van der Waals surface area contributed by atoms with E-state index in [2.05, 4.69) is 22.1 Å². The van der Waals surface area contributed by atoms with Gasteiger partial charge >= 0.3 is 0 Å². The van der Waals surface area contributed by atoms with Crippen molar-refractivity contribution in [2.24, 2.45) is 0 Å². The van der Waals surface area contributed by atoms with Gasteiger partial charge in [0.05, 0.1) is 5.56 Å². The molecule has 0 atom stereocenters. The first kappa shape index (κ1) is 16.5. The van der Waals surface area contributed by atoms with Crippen molar-refractivity contribution in [3.05, 3.63) is 82.6 Å². The Hall–Kier alpha value is -3.32. The molecule has 0 unspecified atom stereocenters. The Bertz CT molecular complexity index is 976. The van der Waals surface area contributed by atoms with Crippen LogP contribution in [0.2, 0.25) is 0 Å². The molecule has 25 heavy (non-hydrogen) atoms. The maximum absolute atomic E-state index is 12.5. The Balaban J connectivity index is 1.80. The van der Waals surface area contributed by atoms with Crippen molar-refractivity contribution >= 4 is 11.6 Å². The normalized spacial score (nSPS) is 10.0. The van der Waals surface area contributed by atoms with E-state index in [0.717, 1.165) is 16.9 Å². The number of carbonyl (C=O) groups is 1. The molecular formula is C21H18N2O2. The number of anilines is 1. The summed E-state index contributed by atoms with van der Waals surface area (Å²) < 4.78 is 5.53. The monoisotopic (exact) mass is 330 g/mol. The molecule has 2 heterocycles. The number of carbonyl (C=O) groups excluding carboxylic acids is 1. The minimum absolute atomic E-state index is 0.179. The first-order valence-corrected chi connectivity index (χ1v) is 7.95. The number of pyridine rings is 1. The SMILES string of the molecule is Cc1oc(C)c(C(=O)Nc2cccc(C#Cc3ccccn3)c2)c1C. The lowest BCUT2D eigenvalue weighted by atomic mass is 10.1. The number of hydrogen-bond donors (Lipinski definition) is 1. The molecule has 0 saturated heterocycles. The Labute approximate surface area is 146 Å². The highest BCUT2D eigenvalue weighted by atomic mass is 16.3. The lowest BCUT2D eigenvalue weighted by Gasteiger charge is -2.06. The molecule has 1 N–H and O–H groups in total. The predicted octanol–water partition coefficient (Wildman–Crippen LogP) is 4.25. The maximum Gasteiger partial charge on any atom is 0.259 e. The Morgan fingerprint density at radius 2 is 1.88 bits per heavy atom. The lowest BCUT2D eigenvalue weighted by Crippen LogP contribution is -2.13. The molecule has 0 fully saturated rings. The second-order valence-corrected chi connectivity index (χ2v) is 5.71. The number of rotatable bonds is 2. The first-order chi connectivity index (χ1) is 12.0. The third-order valence-corrected chi connectivity index (χ3v) is 3.91. The number of aryl methyl sites for hydroxylation is 2. The number of aromatic nitrogens is 1. The van der Waals surface area contributed by atoms with Crippen LogP contribution >= 0.6 is 0 Å². The molecule has 4 nitrogen and oxygen atoms in total. The van der Waals surface area contributed by atoms with Crippen LogP contribution in [0, 0.1) is 32.6 Å². The van der Waals surface area contributed by atoms with Crippen LogP contribution in [0.3, 0.4) is 0 Å². The van der Waals surface area contributed by atoms with E-state index in [1.807, 2.05) is 56.3 Å². The summed E-state index contributed by atoms with van der Waals surface area (Å²) in [6, 6.07) is 13.0. The number of hydrogen-bond acceptors (Lipinski definition) is 3. The highest BCUT2D eigenvalue weighted by Crippen LogP contribution is 2.22. The van der Waals surface area contributed by atoms with E-state index in [-0.39, 0.29) is 5.91 Å². The Morgan fingerprint density at radius 1 is 1.04 bits per heavy atom. The highest BCUT2D eigenvalue weighted by Gasteiger charge is 2.18. The minimum Gasteiger partial charge on any atom is -0.466 e. The van der Waals surface area contributed by atoms with Crippen LogP contribution in [0.25, 0.3) is 0 Å². The zero-order valence-electron chi connectivity index (χ0n) is 14.4. The van der Waals surface area contributed by atoms with Gasteiger partial charge in [0.2, 0.25) is 0 Å². The van der Waals surface area contributed by atoms with Crippen molar-refractivity contribution in [1.82, 2.24) is 4.98 Å². The van der Waals surface area contributed by atoms with Crippen LogP contribution in [0.4, 0.5) is 5.69 Å². The average molecular weight is 330 g/mol. The molecule has 0 radical (unpaired) electrons. The van der Waals surface area contributed by atoms with E-state index >= 15 is 0 Å². The van der Waals surface area contributed by atoms with Gasteiger partial charge in [-0.2, -0.15) is 0 Å². The zero-order valence-corrected chi connectivity index (χ0v) is 14.4. The van der Waals surface area contributed by atoms with Gasteiger partial charge in [0.15, 0.2) is 0 Å². The fraction of sp³-hybridized carbons (Fsp3) is 0.143. The molecule has 0 aliphatic rings. The van der Waals surface area contributed by atoms with E-state index in [1.54, 1.807) is 13.1 Å². The van der Waals surface area contributed by atoms with Crippen LogP contribution in [-0.2, 0) is 0 Å².